The molecule has 1 aromatic heterocycles. The van der Waals surface area contributed by atoms with Gasteiger partial charge in [0.15, 0.2) is 11.4 Å². The molecule has 0 unspecified atom stereocenters. The van der Waals surface area contributed by atoms with E-state index in [1.165, 1.54) is 6.92 Å². The molecule has 0 aliphatic heterocycles. The van der Waals surface area contributed by atoms with Crippen molar-refractivity contribution in [3.05, 3.63) is 23.0 Å². The lowest BCUT2D eigenvalue weighted by molar-refractivity contribution is -0.276. The van der Waals surface area contributed by atoms with Crippen LogP contribution in [0.15, 0.2) is 6.07 Å². The Balaban J connectivity index is 3.36. The van der Waals surface area contributed by atoms with Crippen LogP contribution in [0.5, 0.6) is 5.75 Å². The van der Waals surface area contributed by atoms with Gasteiger partial charge in [0.05, 0.1) is 18.7 Å². The summed E-state index contributed by atoms with van der Waals surface area (Å²) in [5.74, 6) is -2.41. The number of nitrogens with zero attached hydrogens (tertiary/aromatic N) is 1. The van der Waals surface area contributed by atoms with Crippen LogP contribution in [0.3, 0.4) is 0 Å². The van der Waals surface area contributed by atoms with Crippen LogP contribution >= 0.6 is 0 Å². The maximum absolute atomic E-state index is 12.9. The van der Waals surface area contributed by atoms with Crippen molar-refractivity contribution in [2.24, 2.45) is 5.73 Å². The van der Waals surface area contributed by atoms with E-state index in [9.17, 15) is 31.1 Å². The van der Waals surface area contributed by atoms with Crippen LogP contribution in [0.1, 0.15) is 23.9 Å². The number of esters is 1. The Labute approximate surface area is 126 Å². The summed E-state index contributed by atoms with van der Waals surface area (Å²) in [5.41, 5.74) is 2.77. The minimum atomic E-state index is -5.34. The van der Waals surface area contributed by atoms with Crippen LogP contribution < -0.4 is 10.5 Å². The number of carbonyl (C=O) groups is 1. The molecule has 1 heterocycles. The van der Waals surface area contributed by atoms with Gasteiger partial charge >= 0.3 is 18.5 Å². The first-order chi connectivity index (χ1) is 10.5. The van der Waals surface area contributed by atoms with Gasteiger partial charge in [0, 0.05) is 6.54 Å². The third-order valence-corrected chi connectivity index (χ3v) is 2.49. The number of rotatable bonds is 5. The van der Waals surface area contributed by atoms with E-state index < -0.39 is 48.6 Å². The molecule has 0 fully saturated rings. The summed E-state index contributed by atoms with van der Waals surface area (Å²) in [7, 11) is 0. The fourth-order valence-electron chi connectivity index (χ4n) is 1.66. The van der Waals surface area contributed by atoms with E-state index in [0.29, 0.717) is 6.07 Å². The van der Waals surface area contributed by atoms with E-state index in [0.717, 1.165) is 0 Å². The van der Waals surface area contributed by atoms with Gasteiger partial charge in [-0.25, -0.2) is 4.98 Å². The maximum atomic E-state index is 12.9. The molecule has 1 aromatic rings. The number of nitrogens with two attached hydrogens (primary N) is 1. The molecule has 0 aliphatic rings. The zero-order chi connectivity index (χ0) is 17.8. The topological polar surface area (TPSA) is 74.4 Å². The molecule has 0 saturated heterocycles. The summed E-state index contributed by atoms with van der Waals surface area (Å²) in [6.07, 6.45) is -11.2. The van der Waals surface area contributed by atoms with Crippen LogP contribution in [0.2, 0.25) is 0 Å². The third-order valence-electron chi connectivity index (χ3n) is 2.49. The zero-order valence-electron chi connectivity index (χ0n) is 11.7. The summed E-state index contributed by atoms with van der Waals surface area (Å²) < 4.78 is 83.2. The summed E-state index contributed by atoms with van der Waals surface area (Å²) in [4.78, 5) is 14.5. The maximum Gasteiger partial charge on any atom is 0.573 e. The average molecular weight is 346 g/mol. The molecule has 0 saturated carbocycles. The lowest BCUT2D eigenvalue weighted by Gasteiger charge is -2.17. The molecule has 0 atom stereocenters. The van der Waals surface area contributed by atoms with Gasteiger partial charge in [-0.15, -0.1) is 13.2 Å². The first kappa shape index (κ1) is 19.0. The lowest BCUT2D eigenvalue weighted by atomic mass is 10.1. The molecule has 0 radical (unpaired) electrons. The van der Waals surface area contributed by atoms with Crippen LogP contribution in [0.25, 0.3) is 0 Å². The van der Waals surface area contributed by atoms with Crippen LogP contribution in [-0.4, -0.2) is 23.9 Å². The van der Waals surface area contributed by atoms with E-state index in [4.69, 9.17) is 5.73 Å². The number of hydrogen-bond donors (Lipinski definition) is 1. The highest BCUT2D eigenvalue weighted by molar-refractivity contribution is 5.72. The van der Waals surface area contributed by atoms with Crippen molar-refractivity contribution in [1.82, 2.24) is 4.98 Å². The monoisotopic (exact) mass is 346 g/mol. The second-order valence-electron chi connectivity index (χ2n) is 4.17. The van der Waals surface area contributed by atoms with Gasteiger partial charge in [0.1, 0.15) is 0 Å². The molecule has 5 nitrogen and oxygen atoms in total. The number of pyridine rings is 1. The lowest BCUT2D eigenvalue weighted by Crippen LogP contribution is -2.23. The molecule has 11 heteroatoms. The number of aromatic nitrogens is 1. The van der Waals surface area contributed by atoms with Crippen LogP contribution in [0.4, 0.5) is 26.3 Å². The Morgan fingerprint density at radius 3 is 2.30 bits per heavy atom. The molecule has 130 valence electrons. The molecule has 23 heavy (non-hydrogen) atoms. The molecular formula is C12H12F6N2O3. The van der Waals surface area contributed by atoms with Crippen molar-refractivity contribution in [2.75, 3.05) is 6.61 Å². The smallest absolute Gasteiger partial charge is 0.466 e. The van der Waals surface area contributed by atoms with Crippen molar-refractivity contribution in [3.8, 4) is 5.75 Å². The first-order valence-electron chi connectivity index (χ1n) is 6.19. The number of alkyl halides is 6. The van der Waals surface area contributed by atoms with Gasteiger partial charge in [0.25, 0.3) is 0 Å². The number of halogens is 6. The molecule has 2 N–H and O–H groups in total. The van der Waals surface area contributed by atoms with Crippen molar-refractivity contribution in [1.29, 1.82) is 0 Å². The predicted octanol–water partition coefficient (Wildman–Crippen LogP) is 2.56. The van der Waals surface area contributed by atoms with E-state index in [1.54, 1.807) is 0 Å². The van der Waals surface area contributed by atoms with Crippen molar-refractivity contribution >= 4 is 5.97 Å². The Kier molecular flexibility index (Phi) is 5.81. The van der Waals surface area contributed by atoms with Gasteiger partial charge < -0.3 is 15.2 Å². The standard InChI is InChI=1S/C12H12F6N2O3/c1-2-22-9(21)4-7-6(5-19)3-8(23-12(16,17)18)10(20-7)11(13,14)15/h3H,2,4-5,19H2,1H3. The molecule has 0 spiro atoms. The fourth-order valence-corrected chi connectivity index (χ4v) is 1.66. The second kappa shape index (κ2) is 7.02. The van der Waals surface area contributed by atoms with Crippen LogP contribution in [-0.2, 0) is 28.7 Å². The van der Waals surface area contributed by atoms with Crippen molar-refractivity contribution in [3.63, 3.8) is 0 Å². The molecule has 1 rings (SSSR count). The highest BCUT2D eigenvalue weighted by atomic mass is 19.4. The van der Waals surface area contributed by atoms with Gasteiger partial charge in [-0.3, -0.25) is 4.79 Å². The summed E-state index contributed by atoms with van der Waals surface area (Å²) >= 11 is 0. The van der Waals surface area contributed by atoms with E-state index >= 15 is 0 Å². The largest absolute Gasteiger partial charge is 0.573 e. The van der Waals surface area contributed by atoms with Gasteiger partial charge in [-0.2, -0.15) is 13.2 Å². The summed E-state index contributed by atoms with van der Waals surface area (Å²) in [6.45, 7) is 1.03. The number of ether oxygens (including phenoxy) is 2. The van der Waals surface area contributed by atoms with E-state index in [2.05, 4.69) is 14.5 Å². The van der Waals surface area contributed by atoms with E-state index in [1.807, 2.05) is 0 Å². The zero-order valence-corrected chi connectivity index (χ0v) is 11.7. The SMILES string of the molecule is CCOC(=O)Cc1nc(C(F)(F)F)c(OC(F)(F)F)cc1CN. The highest BCUT2D eigenvalue weighted by Gasteiger charge is 2.41. The Morgan fingerprint density at radius 1 is 1.26 bits per heavy atom. The van der Waals surface area contributed by atoms with Gasteiger partial charge in [-0.1, -0.05) is 0 Å². The van der Waals surface area contributed by atoms with Crippen molar-refractivity contribution in [2.45, 2.75) is 32.4 Å². The molecule has 0 amide bonds. The Morgan fingerprint density at radius 2 is 1.87 bits per heavy atom. The normalized spacial score (nSPS) is 12.2. The molecular weight excluding hydrogens is 334 g/mol. The number of hydrogen-bond acceptors (Lipinski definition) is 5. The van der Waals surface area contributed by atoms with Gasteiger partial charge in [-0.05, 0) is 18.6 Å². The Bertz CT molecular complexity index is 571. The molecule has 0 aromatic carbocycles. The molecule has 0 bridgehead atoms. The second-order valence-corrected chi connectivity index (χ2v) is 4.17. The summed E-state index contributed by atoms with van der Waals surface area (Å²) in [6, 6.07) is 0.470. The average Bonchev–Trinajstić information content (AvgIpc) is 2.37. The van der Waals surface area contributed by atoms with Gasteiger partial charge in [0.2, 0.25) is 0 Å². The minimum Gasteiger partial charge on any atom is -0.466 e. The Hall–Kier alpha value is -2.04. The predicted molar refractivity (Wildman–Crippen MR) is 64.2 cm³/mol. The van der Waals surface area contributed by atoms with Crippen LogP contribution in [0, 0.1) is 0 Å². The number of carbonyl (C=O) groups excluding carboxylic acids is 1. The van der Waals surface area contributed by atoms with Crippen molar-refractivity contribution < 1.29 is 40.6 Å². The third kappa shape index (κ3) is 5.58. The minimum absolute atomic E-state index is 0.0157. The quantitative estimate of drug-likeness (QED) is 0.655. The fraction of sp³-hybridized carbons (Fsp3) is 0.500. The summed E-state index contributed by atoms with van der Waals surface area (Å²) in [5, 5.41) is 0. The molecule has 0 aliphatic carbocycles. The first-order valence-corrected chi connectivity index (χ1v) is 6.19. The highest BCUT2D eigenvalue weighted by Crippen LogP contribution is 2.38. The van der Waals surface area contributed by atoms with E-state index in [-0.39, 0.29) is 12.2 Å².